The fourth-order valence-corrected chi connectivity index (χ4v) is 1.79. The minimum atomic E-state index is -0.649. The lowest BCUT2D eigenvalue weighted by Gasteiger charge is -2.27. The Balaban J connectivity index is 2.06. The van der Waals surface area contributed by atoms with Gasteiger partial charge in [-0.2, -0.15) is 0 Å². The first-order valence-corrected chi connectivity index (χ1v) is 7.31. The van der Waals surface area contributed by atoms with Gasteiger partial charge in [-0.05, 0) is 32.6 Å². The van der Waals surface area contributed by atoms with E-state index in [2.05, 4.69) is 12.2 Å². The van der Waals surface area contributed by atoms with E-state index in [1.165, 1.54) is 0 Å². The van der Waals surface area contributed by atoms with E-state index < -0.39 is 5.54 Å². The van der Waals surface area contributed by atoms with Crippen LogP contribution in [0.4, 0.5) is 0 Å². The lowest BCUT2D eigenvalue weighted by atomic mass is 9.97. The highest BCUT2D eigenvalue weighted by molar-refractivity contribution is 5.84. The fourth-order valence-electron chi connectivity index (χ4n) is 1.79. The smallest absolute Gasteiger partial charge is 0.237 e. The largest absolute Gasteiger partial charge is 0.379 e. The van der Waals surface area contributed by atoms with Gasteiger partial charge in [0, 0.05) is 19.3 Å². The van der Waals surface area contributed by atoms with Crippen molar-refractivity contribution in [2.24, 2.45) is 5.73 Å². The maximum atomic E-state index is 11.5. The maximum absolute atomic E-state index is 11.5. The van der Waals surface area contributed by atoms with Gasteiger partial charge in [-0.3, -0.25) is 4.79 Å². The predicted molar refractivity (Wildman–Crippen MR) is 74.9 cm³/mol. The second kappa shape index (κ2) is 8.51. The molecule has 1 saturated carbocycles. The molecule has 1 fully saturated rings. The average Bonchev–Trinajstić information content (AvgIpc) is 3.16. The van der Waals surface area contributed by atoms with E-state index in [9.17, 15) is 4.79 Å². The van der Waals surface area contributed by atoms with Crippen LogP contribution in [-0.2, 0) is 14.3 Å². The zero-order chi connectivity index (χ0) is 14.1. The first-order valence-electron chi connectivity index (χ1n) is 7.31. The molecule has 19 heavy (non-hydrogen) atoms. The summed E-state index contributed by atoms with van der Waals surface area (Å²) in [6.45, 7) is 6.50. The maximum Gasteiger partial charge on any atom is 0.237 e. The van der Waals surface area contributed by atoms with E-state index in [4.69, 9.17) is 15.2 Å². The minimum Gasteiger partial charge on any atom is -0.379 e. The number of rotatable bonds is 12. The molecular formula is C14H28N2O3. The molecule has 1 rings (SSSR count). The normalized spacial score (nSPS) is 18.2. The standard InChI is InChI=1S/C14H28N2O3/c1-3-4-8-18-10-11-19-9-7-14(2,13(15)17)16-12-5-6-12/h12,16H,3-11H2,1-2H3,(H2,15,17). The molecular weight excluding hydrogens is 244 g/mol. The zero-order valence-corrected chi connectivity index (χ0v) is 12.2. The monoisotopic (exact) mass is 272 g/mol. The van der Waals surface area contributed by atoms with E-state index in [1.807, 2.05) is 6.92 Å². The summed E-state index contributed by atoms with van der Waals surface area (Å²) in [5, 5.41) is 3.30. The van der Waals surface area contributed by atoms with Gasteiger partial charge in [0.05, 0.1) is 18.8 Å². The van der Waals surface area contributed by atoms with Gasteiger partial charge in [0.1, 0.15) is 0 Å². The van der Waals surface area contributed by atoms with Crippen molar-refractivity contribution in [3.63, 3.8) is 0 Å². The molecule has 0 spiro atoms. The van der Waals surface area contributed by atoms with Gasteiger partial charge in [0.25, 0.3) is 0 Å². The fraction of sp³-hybridized carbons (Fsp3) is 0.929. The van der Waals surface area contributed by atoms with Crippen LogP contribution < -0.4 is 11.1 Å². The molecule has 0 aromatic rings. The molecule has 1 atom stereocenters. The molecule has 3 N–H and O–H groups in total. The number of carbonyl (C=O) groups is 1. The van der Waals surface area contributed by atoms with Crippen LogP contribution in [0.25, 0.3) is 0 Å². The molecule has 0 heterocycles. The zero-order valence-electron chi connectivity index (χ0n) is 12.2. The van der Waals surface area contributed by atoms with Crippen LogP contribution >= 0.6 is 0 Å². The van der Waals surface area contributed by atoms with Gasteiger partial charge in [0.15, 0.2) is 0 Å². The summed E-state index contributed by atoms with van der Waals surface area (Å²) in [6, 6.07) is 0.454. The van der Waals surface area contributed by atoms with Gasteiger partial charge >= 0.3 is 0 Å². The third kappa shape index (κ3) is 6.89. The van der Waals surface area contributed by atoms with Crippen LogP contribution in [0, 0.1) is 0 Å². The summed E-state index contributed by atoms with van der Waals surface area (Å²) in [5.74, 6) is -0.304. The van der Waals surface area contributed by atoms with Crippen molar-refractivity contribution in [3.8, 4) is 0 Å². The highest BCUT2D eigenvalue weighted by Crippen LogP contribution is 2.23. The molecule has 0 aromatic heterocycles. The van der Waals surface area contributed by atoms with Crippen molar-refractivity contribution < 1.29 is 14.3 Å². The summed E-state index contributed by atoms with van der Waals surface area (Å²) >= 11 is 0. The molecule has 112 valence electrons. The molecule has 5 nitrogen and oxygen atoms in total. The van der Waals surface area contributed by atoms with Crippen molar-refractivity contribution in [3.05, 3.63) is 0 Å². The summed E-state index contributed by atoms with van der Waals surface area (Å²) < 4.78 is 10.9. The molecule has 0 bridgehead atoms. The van der Waals surface area contributed by atoms with Crippen LogP contribution in [0.3, 0.4) is 0 Å². The molecule has 0 radical (unpaired) electrons. The minimum absolute atomic E-state index is 0.304. The molecule has 0 aromatic carbocycles. The van der Waals surface area contributed by atoms with E-state index in [1.54, 1.807) is 0 Å². The van der Waals surface area contributed by atoms with Gasteiger partial charge in [-0.1, -0.05) is 13.3 Å². The first kappa shape index (κ1) is 16.4. The molecule has 5 heteroatoms. The van der Waals surface area contributed by atoms with Crippen molar-refractivity contribution >= 4 is 5.91 Å². The third-order valence-corrected chi connectivity index (χ3v) is 3.40. The van der Waals surface area contributed by atoms with Crippen LogP contribution in [0.1, 0.15) is 46.0 Å². The van der Waals surface area contributed by atoms with Crippen molar-refractivity contribution in [2.75, 3.05) is 26.4 Å². The van der Waals surface area contributed by atoms with Gasteiger partial charge in [-0.25, -0.2) is 0 Å². The quantitative estimate of drug-likeness (QED) is 0.524. The van der Waals surface area contributed by atoms with Crippen molar-refractivity contribution in [1.82, 2.24) is 5.32 Å². The number of ether oxygens (including phenoxy) is 2. The molecule has 1 aliphatic rings. The van der Waals surface area contributed by atoms with E-state index in [0.29, 0.717) is 32.3 Å². The van der Waals surface area contributed by atoms with Crippen molar-refractivity contribution in [1.29, 1.82) is 0 Å². The lowest BCUT2D eigenvalue weighted by molar-refractivity contribution is -0.124. The average molecular weight is 272 g/mol. The Hall–Kier alpha value is -0.650. The number of amides is 1. The number of carbonyl (C=O) groups excluding carboxylic acids is 1. The van der Waals surface area contributed by atoms with Crippen LogP contribution in [0.5, 0.6) is 0 Å². The summed E-state index contributed by atoms with van der Waals surface area (Å²) in [7, 11) is 0. The number of hydrogen-bond donors (Lipinski definition) is 2. The van der Waals surface area contributed by atoms with E-state index >= 15 is 0 Å². The third-order valence-electron chi connectivity index (χ3n) is 3.40. The second-order valence-corrected chi connectivity index (χ2v) is 5.44. The molecule has 1 amide bonds. The number of primary amides is 1. The summed E-state index contributed by atoms with van der Waals surface area (Å²) in [6.07, 6.45) is 5.10. The topological polar surface area (TPSA) is 73.6 Å². The molecule has 1 aliphatic carbocycles. The van der Waals surface area contributed by atoms with Gasteiger partial charge in [0.2, 0.25) is 5.91 Å². The highest BCUT2D eigenvalue weighted by Gasteiger charge is 2.36. The Bertz CT molecular complexity index is 269. The number of nitrogens with two attached hydrogens (primary N) is 1. The van der Waals surface area contributed by atoms with Crippen LogP contribution in [0.2, 0.25) is 0 Å². The highest BCUT2D eigenvalue weighted by atomic mass is 16.5. The number of nitrogens with one attached hydrogen (secondary N) is 1. The Labute approximate surface area is 116 Å². The van der Waals surface area contributed by atoms with E-state index in [-0.39, 0.29) is 5.91 Å². The summed E-state index contributed by atoms with van der Waals surface area (Å²) in [5.41, 5.74) is 4.81. The second-order valence-electron chi connectivity index (χ2n) is 5.44. The van der Waals surface area contributed by atoms with Gasteiger partial charge in [-0.15, -0.1) is 0 Å². The molecule has 1 unspecified atom stereocenters. The Morgan fingerprint density at radius 1 is 1.26 bits per heavy atom. The Morgan fingerprint density at radius 3 is 2.42 bits per heavy atom. The van der Waals surface area contributed by atoms with Crippen molar-refractivity contribution in [2.45, 2.75) is 57.5 Å². The molecule has 0 aliphatic heterocycles. The SMILES string of the molecule is CCCCOCCOCCC(C)(NC1CC1)C(N)=O. The lowest BCUT2D eigenvalue weighted by Crippen LogP contribution is -2.54. The van der Waals surface area contributed by atoms with Crippen LogP contribution in [-0.4, -0.2) is 43.9 Å². The Morgan fingerprint density at radius 2 is 1.89 bits per heavy atom. The summed E-state index contributed by atoms with van der Waals surface area (Å²) in [4.78, 5) is 11.5. The number of hydrogen-bond acceptors (Lipinski definition) is 4. The predicted octanol–water partition coefficient (Wildman–Crippen LogP) is 1.21. The number of unbranched alkanes of at least 4 members (excludes halogenated alkanes) is 1. The first-order chi connectivity index (χ1) is 9.08. The van der Waals surface area contributed by atoms with Crippen LogP contribution in [0.15, 0.2) is 0 Å². The van der Waals surface area contributed by atoms with Gasteiger partial charge < -0.3 is 20.5 Å². The Kier molecular flexibility index (Phi) is 7.34. The molecule has 0 saturated heterocycles. The van der Waals surface area contributed by atoms with E-state index in [0.717, 1.165) is 32.3 Å².